The van der Waals surface area contributed by atoms with Gasteiger partial charge in [0.25, 0.3) is 5.91 Å². The van der Waals surface area contributed by atoms with Crippen LogP contribution in [0.3, 0.4) is 0 Å². The summed E-state index contributed by atoms with van der Waals surface area (Å²) in [4.78, 5) is 21.5. The predicted octanol–water partition coefficient (Wildman–Crippen LogP) is 5.53. The lowest BCUT2D eigenvalue weighted by molar-refractivity contribution is -0.0497. The van der Waals surface area contributed by atoms with Gasteiger partial charge in [-0.15, -0.1) is 0 Å². The molecule has 176 valence electrons. The van der Waals surface area contributed by atoms with Crippen molar-refractivity contribution in [3.8, 4) is 5.75 Å². The van der Waals surface area contributed by atoms with Crippen molar-refractivity contribution in [1.29, 1.82) is 0 Å². The Hall–Kier alpha value is -3.79. The summed E-state index contributed by atoms with van der Waals surface area (Å²) in [6.07, 6.45) is 3.49. The Morgan fingerprint density at radius 1 is 1.24 bits per heavy atom. The zero-order valence-electron chi connectivity index (χ0n) is 18.3. The molecule has 0 bridgehead atoms. The molecule has 0 aliphatic heterocycles. The van der Waals surface area contributed by atoms with Crippen LogP contribution in [0.25, 0.3) is 11.2 Å². The number of halogens is 3. The number of carbonyl (C=O) groups excluding carboxylic acids is 1. The van der Waals surface area contributed by atoms with Gasteiger partial charge in [-0.05, 0) is 49.7 Å². The third-order valence-corrected chi connectivity index (χ3v) is 5.31. The van der Waals surface area contributed by atoms with Crippen molar-refractivity contribution >= 4 is 40.2 Å². The summed E-state index contributed by atoms with van der Waals surface area (Å²) in [5.74, 6) is -0.0551. The van der Waals surface area contributed by atoms with Crippen molar-refractivity contribution in [3.05, 3.63) is 71.0 Å². The SMILES string of the molecule is CCn1cc2ncc(N[C@@H](C)c3cccc(NC(=O)c4ccc(OC(F)F)c(Cl)c4)c3)nc2n1. The minimum absolute atomic E-state index is 0.0821. The third kappa shape index (κ3) is 5.40. The van der Waals surface area contributed by atoms with E-state index in [1.165, 1.54) is 18.2 Å². The largest absolute Gasteiger partial charge is 0.433 e. The fourth-order valence-corrected chi connectivity index (χ4v) is 3.53. The number of rotatable bonds is 8. The van der Waals surface area contributed by atoms with Crippen LogP contribution >= 0.6 is 11.6 Å². The molecule has 0 saturated carbocycles. The minimum Gasteiger partial charge on any atom is -0.433 e. The van der Waals surface area contributed by atoms with Gasteiger partial charge in [-0.1, -0.05) is 23.7 Å². The van der Waals surface area contributed by atoms with Gasteiger partial charge in [0.2, 0.25) is 5.65 Å². The van der Waals surface area contributed by atoms with Gasteiger partial charge in [0.05, 0.1) is 23.5 Å². The van der Waals surface area contributed by atoms with Crippen LogP contribution in [0.15, 0.2) is 54.9 Å². The molecule has 0 saturated heterocycles. The van der Waals surface area contributed by atoms with Crippen LogP contribution in [-0.4, -0.2) is 32.3 Å². The van der Waals surface area contributed by atoms with E-state index < -0.39 is 12.5 Å². The molecule has 2 heterocycles. The predicted molar refractivity (Wildman–Crippen MR) is 126 cm³/mol. The molecular weight excluding hydrogens is 466 g/mol. The molecule has 0 radical (unpaired) electrons. The average Bonchev–Trinajstić information content (AvgIpc) is 3.23. The Morgan fingerprint density at radius 3 is 2.79 bits per heavy atom. The number of ether oxygens (including phenoxy) is 1. The first-order chi connectivity index (χ1) is 16.3. The molecule has 2 N–H and O–H groups in total. The smallest absolute Gasteiger partial charge is 0.387 e. The second-order valence-electron chi connectivity index (χ2n) is 7.42. The normalized spacial score (nSPS) is 12.1. The molecule has 0 aliphatic rings. The van der Waals surface area contributed by atoms with Crippen LogP contribution in [0.5, 0.6) is 5.75 Å². The number of fused-ring (bicyclic) bond motifs is 1. The summed E-state index contributed by atoms with van der Waals surface area (Å²) in [7, 11) is 0. The highest BCUT2D eigenvalue weighted by Gasteiger charge is 2.14. The monoisotopic (exact) mass is 486 g/mol. The van der Waals surface area contributed by atoms with Crippen molar-refractivity contribution in [1.82, 2.24) is 19.7 Å². The Bertz CT molecular complexity index is 1330. The summed E-state index contributed by atoms with van der Waals surface area (Å²) in [6.45, 7) is 1.68. The van der Waals surface area contributed by atoms with Crippen LogP contribution in [0.1, 0.15) is 35.8 Å². The van der Waals surface area contributed by atoms with Crippen molar-refractivity contribution in [2.24, 2.45) is 0 Å². The van der Waals surface area contributed by atoms with Gasteiger partial charge in [-0.25, -0.2) is 9.97 Å². The maximum atomic E-state index is 12.6. The zero-order valence-corrected chi connectivity index (χ0v) is 19.1. The fourth-order valence-electron chi connectivity index (χ4n) is 3.30. The number of aromatic nitrogens is 4. The van der Waals surface area contributed by atoms with E-state index in [-0.39, 0.29) is 22.4 Å². The molecule has 2 aromatic heterocycles. The second-order valence-corrected chi connectivity index (χ2v) is 7.83. The van der Waals surface area contributed by atoms with Crippen molar-refractivity contribution in [2.45, 2.75) is 33.0 Å². The van der Waals surface area contributed by atoms with Crippen molar-refractivity contribution < 1.29 is 18.3 Å². The van der Waals surface area contributed by atoms with Gasteiger partial charge in [0.15, 0.2) is 0 Å². The Balaban J connectivity index is 1.45. The summed E-state index contributed by atoms with van der Waals surface area (Å²) in [5, 5.41) is 10.4. The number of hydrogen-bond acceptors (Lipinski definition) is 6. The molecule has 8 nitrogen and oxygen atoms in total. The van der Waals surface area contributed by atoms with Crippen molar-refractivity contribution in [3.63, 3.8) is 0 Å². The summed E-state index contributed by atoms with van der Waals surface area (Å²) < 4.78 is 30.9. The van der Waals surface area contributed by atoms with Crippen LogP contribution in [0.4, 0.5) is 20.3 Å². The van der Waals surface area contributed by atoms with Gasteiger partial charge in [0.1, 0.15) is 17.1 Å². The number of benzene rings is 2. The standard InChI is InChI=1S/C23H21ClF2N6O2/c1-3-32-12-18-21(31-32)30-20(11-27-18)28-13(2)14-5-4-6-16(9-14)29-22(33)15-7-8-19(17(24)10-15)34-23(25)26/h4-13,23H,3H2,1-2H3,(H,29,33)(H,28,30,31)/t13-/m0/s1. The highest BCUT2D eigenvalue weighted by atomic mass is 35.5. The molecule has 0 spiro atoms. The van der Waals surface area contributed by atoms with E-state index in [2.05, 4.69) is 30.4 Å². The maximum Gasteiger partial charge on any atom is 0.387 e. The van der Waals surface area contributed by atoms with Gasteiger partial charge >= 0.3 is 6.61 Å². The third-order valence-electron chi connectivity index (χ3n) is 5.02. The Kier molecular flexibility index (Phi) is 6.87. The van der Waals surface area contributed by atoms with Gasteiger partial charge in [-0.3, -0.25) is 9.48 Å². The van der Waals surface area contributed by atoms with Crippen LogP contribution < -0.4 is 15.4 Å². The molecule has 4 rings (SSSR count). The molecule has 1 amide bonds. The molecule has 0 unspecified atom stereocenters. The topological polar surface area (TPSA) is 94.0 Å². The minimum atomic E-state index is -3.00. The van der Waals surface area contributed by atoms with Gasteiger partial charge < -0.3 is 15.4 Å². The average molecular weight is 487 g/mol. The molecule has 34 heavy (non-hydrogen) atoms. The van der Waals surface area contributed by atoms with E-state index >= 15 is 0 Å². The number of nitrogens with zero attached hydrogens (tertiary/aromatic N) is 4. The lowest BCUT2D eigenvalue weighted by atomic mass is 10.1. The van der Waals surface area contributed by atoms with Crippen molar-refractivity contribution in [2.75, 3.05) is 10.6 Å². The lowest BCUT2D eigenvalue weighted by Crippen LogP contribution is -2.13. The first-order valence-corrected chi connectivity index (χ1v) is 10.8. The van der Waals surface area contributed by atoms with E-state index in [1.807, 2.05) is 38.2 Å². The van der Waals surface area contributed by atoms with Gasteiger partial charge in [-0.2, -0.15) is 13.9 Å². The number of carbonyl (C=O) groups is 1. The van der Waals surface area contributed by atoms with E-state index in [4.69, 9.17) is 11.6 Å². The van der Waals surface area contributed by atoms with E-state index in [9.17, 15) is 13.6 Å². The Labute approximate surface area is 198 Å². The molecule has 0 fully saturated rings. The number of hydrogen-bond donors (Lipinski definition) is 2. The summed E-state index contributed by atoms with van der Waals surface area (Å²) in [6, 6.07) is 11.0. The van der Waals surface area contributed by atoms with E-state index in [0.717, 1.165) is 17.6 Å². The molecule has 4 aromatic rings. The molecule has 1 atom stereocenters. The number of amides is 1. The maximum absolute atomic E-state index is 12.6. The Morgan fingerprint density at radius 2 is 2.06 bits per heavy atom. The molecule has 2 aromatic carbocycles. The lowest BCUT2D eigenvalue weighted by Gasteiger charge is -2.16. The van der Waals surface area contributed by atoms with E-state index in [0.29, 0.717) is 17.2 Å². The number of aryl methyl sites for hydroxylation is 1. The molecule has 0 aliphatic carbocycles. The summed E-state index contributed by atoms with van der Waals surface area (Å²) in [5.41, 5.74) is 2.95. The van der Waals surface area contributed by atoms with Crippen LogP contribution in [0.2, 0.25) is 5.02 Å². The molecule has 11 heteroatoms. The molecular formula is C23H21ClF2N6O2. The number of nitrogens with one attached hydrogen (secondary N) is 2. The first-order valence-electron chi connectivity index (χ1n) is 10.4. The quantitative estimate of drug-likeness (QED) is 0.340. The summed E-state index contributed by atoms with van der Waals surface area (Å²) >= 11 is 5.95. The second kappa shape index (κ2) is 10.0. The van der Waals surface area contributed by atoms with Crippen LogP contribution in [-0.2, 0) is 6.54 Å². The number of alkyl halides is 2. The highest BCUT2D eigenvalue weighted by molar-refractivity contribution is 6.32. The number of anilines is 2. The first kappa shape index (κ1) is 23.4. The van der Waals surface area contributed by atoms with Crippen LogP contribution in [0, 0.1) is 0 Å². The fraction of sp³-hybridized carbons (Fsp3) is 0.217. The zero-order chi connectivity index (χ0) is 24.2. The van der Waals surface area contributed by atoms with Gasteiger partial charge in [0, 0.05) is 17.8 Å². The highest BCUT2D eigenvalue weighted by Crippen LogP contribution is 2.28. The van der Waals surface area contributed by atoms with E-state index in [1.54, 1.807) is 16.9 Å².